The van der Waals surface area contributed by atoms with Crippen LogP contribution in [0.15, 0.2) is 30.3 Å². The Bertz CT molecular complexity index is 1040. The summed E-state index contributed by atoms with van der Waals surface area (Å²) in [5.74, 6) is 0.371. The quantitative estimate of drug-likeness (QED) is 0.750. The number of carbonyl (C=O) groups excluding carboxylic acids is 1. The van der Waals surface area contributed by atoms with E-state index in [9.17, 15) is 17.6 Å². The molecule has 3 heterocycles. The van der Waals surface area contributed by atoms with Gasteiger partial charge in [-0.1, -0.05) is 0 Å². The van der Waals surface area contributed by atoms with E-state index in [1.165, 1.54) is 12.1 Å². The van der Waals surface area contributed by atoms with E-state index in [-0.39, 0.29) is 35.8 Å². The first-order chi connectivity index (χ1) is 14.8. The van der Waals surface area contributed by atoms with Gasteiger partial charge in [0, 0.05) is 37.9 Å². The second-order valence-electron chi connectivity index (χ2n) is 8.31. The highest BCUT2D eigenvalue weighted by Gasteiger charge is 2.31. The molecule has 31 heavy (non-hydrogen) atoms. The molecule has 0 bridgehead atoms. The van der Waals surface area contributed by atoms with Gasteiger partial charge in [-0.2, -0.15) is 5.10 Å². The first-order valence-electron chi connectivity index (χ1n) is 10.6. The van der Waals surface area contributed by atoms with Gasteiger partial charge >= 0.3 is 0 Å². The smallest absolute Gasteiger partial charge is 0.239 e. The van der Waals surface area contributed by atoms with Gasteiger partial charge in [0.1, 0.15) is 11.6 Å². The van der Waals surface area contributed by atoms with Crippen molar-refractivity contribution in [3.63, 3.8) is 0 Å². The van der Waals surface area contributed by atoms with Crippen LogP contribution in [-0.2, 0) is 14.6 Å². The second-order valence-corrected chi connectivity index (χ2v) is 10.5. The van der Waals surface area contributed by atoms with E-state index in [1.54, 1.807) is 22.9 Å². The fourth-order valence-electron chi connectivity index (χ4n) is 4.28. The SMILES string of the molecule is Cc1cc(NC(=O)CN2CCCN(c3ccc(F)cc3)CC2)n(C2CCS(=O)(=O)C2)n1. The van der Waals surface area contributed by atoms with Gasteiger partial charge in [0.2, 0.25) is 5.91 Å². The van der Waals surface area contributed by atoms with Crippen molar-refractivity contribution >= 4 is 27.2 Å². The number of amides is 1. The molecule has 1 N–H and O–H groups in total. The Kier molecular flexibility index (Phi) is 6.29. The number of benzene rings is 1. The molecule has 0 aliphatic carbocycles. The third-order valence-electron chi connectivity index (χ3n) is 5.83. The van der Waals surface area contributed by atoms with Crippen molar-refractivity contribution in [2.45, 2.75) is 25.8 Å². The third-order valence-corrected chi connectivity index (χ3v) is 7.58. The number of anilines is 2. The lowest BCUT2D eigenvalue weighted by molar-refractivity contribution is -0.117. The van der Waals surface area contributed by atoms with Gasteiger partial charge in [0.25, 0.3) is 0 Å². The summed E-state index contributed by atoms with van der Waals surface area (Å²) in [6.07, 6.45) is 1.42. The van der Waals surface area contributed by atoms with Crippen LogP contribution in [0.25, 0.3) is 0 Å². The molecule has 2 aromatic rings. The molecular formula is C21H28FN5O3S. The van der Waals surface area contributed by atoms with E-state index >= 15 is 0 Å². The third kappa shape index (κ3) is 5.43. The van der Waals surface area contributed by atoms with Gasteiger partial charge in [-0.3, -0.25) is 9.69 Å². The maximum Gasteiger partial charge on any atom is 0.239 e. The Hall–Kier alpha value is -2.46. The molecule has 1 unspecified atom stereocenters. The van der Waals surface area contributed by atoms with Gasteiger partial charge in [-0.05, 0) is 44.0 Å². The average molecular weight is 450 g/mol. The summed E-state index contributed by atoms with van der Waals surface area (Å²) in [5, 5.41) is 7.34. The van der Waals surface area contributed by atoms with Crippen molar-refractivity contribution < 1.29 is 17.6 Å². The maximum atomic E-state index is 13.2. The van der Waals surface area contributed by atoms with Gasteiger partial charge < -0.3 is 10.2 Å². The average Bonchev–Trinajstić information content (AvgIpc) is 3.16. The number of hydrogen-bond donors (Lipinski definition) is 1. The summed E-state index contributed by atoms with van der Waals surface area (Å²) in [4.78, 5) is 17.0. The number of aromatic nitrogens is 2. The normalized spacial score (nSPS) is 21.7. The maximum absolute atomic E-state index is 13.2. The summed E-state index contributed by atoms with van der Waals surface area (Å²) < 4.78 is 38.5. The zero-order valence-electron chi connectivity index (χ0n) is 17.6. The molecule has 2 aliphatic heterocycles. The van der Waals surface area contributed by atoms with Gasteiger partial charge in [0.05, 0.1) is 29.8 Å². The van der Waals surface area contributed by atoms with Crippen LogP contribution in [0.2, 0.25) is 0 Å². The van der Waals surface area contributed by atoms with E-state index < -0.39 is 9.84 Å². The fraction of sp³-hybridized carbons (Fsp3) is 0.524. The van der Waals surface area contributed by atoms with Crippen molar-refractivity contribution in [3.8, 4) is 0 Å². The molecule has 1 atom stereocenters. The predicted octanol–water partition coefficient (Wildman–Crippen LogP) is 1.84. The number of hydrogen-bond acceptors (Lipinski definition) is 6. The van der Waals surface area contributed by atoms with Gasteiger partial charge in [-0.25, -0.2) is 17.5 Å². The molecule has 2 saturated heterocycles. The lowest BCUT2D eigenvalue weighted by atomic mass is 10.2. The van der Waals surface area contributed by atoms with Crippen LogP contribution in [0.5, 0.6) is 0 Å². The molecule has 4 rings (SSSR count). The van der Waals surface area contributed by atoms with Crippen LogP contribution in [-0.4, -0.2) is 73.2 Å². The molecule has 0 spiro atoms. The van der Waals surface area contributed by atoms with E-state index in [4.69, 9.17) is 0 Å². The molecule has 1 aromatic heterocycles. The largest absolute Gasteiger partial charge is 0.370 e. The van der Waals surface area contributed by atoms with Crippen LogP contribution < -0.4 is 10.2 Å². The minimum atomic E-state index is -3.04. The lowest BCUT2D eigenvalue weighted by Gasteiger charge is -2.23. The van der Waals surface area contributed by atoms with Crippen LogP contribution in [0.4, 0.5) is 15.9 Å². The number of carbonyl (C=O) groups is 1. The Morgan fingerprint density at radius 2 is 1.97 bits per heavy atom. The minimum Gasteiger partial charge on any atom is -0.370 e. The highest BCUT2D eigenvalue weighted by molar-refractivity contribution is 7.91. The van der Waals surface area contributed by atoms with Crippen molar-refractivity contribution in [1.82, 2.24) is 14.7 Å². The van der Waals surface area contributed by atoms with Gasteiger partial charge in [0.15, 0.2) is 9.84 Å². The summed E-state index contributed by atoms with van der Waals surface area (Å²) in [7, 11) is -3.04. The van der Waals surface area contributed by atoms with Crippen LogP contribution in [0.1, 0.15) is 24.6 Å². The Morgan fingerprint density at radius 1 is 1.19 bits per heavy atom. The van der Waals surface area contributed by atoms with Crippen molar-refractivity contribution in [2.75, 3.05) is 54.4 Å². The molecule has 168 valence electrons. The molecule has 10 heteroatoms. The van der Waals surface area contributed by atoms with E-state index in [0.29, 0.717) is 12.2 Å². The molecule has 8 nitrogen and oxygen atoms in total. The zero-order chi connectivity index (χ0) is 22.0. The summed E-state index contributed by atoms with van der Waals surface area (Å²) in [6, 6.07) is 8.03. The monoisotopic (exact) mass is 449 g/mol. The molecule has 0 saturated carbocycles. The molecular weight excluding hydrogens is 421 g/mol. The first kappa shape index (κ1) is 21.8. The summed E-state index contributed by atoms with van der Waals surface area (Å²) >= 11 is 0. The number of nitrogens with one attached hydrogen (secondary N) is 1. The fourth-order valence-corrected chi connectivity index (χ4v) is 5.97. The number of halogens is 1. The van der Waals surface area contributed by atoms with E-state index in [0.717, 1.165) is 44.0 Å². The molecule has 1 aromatic carbocycles. The molecule has 2 aliphatic rings. The van der Waals surface area contributed by atoms with Crippen molar-refractivity contribution in [2.24, 2.45) is 0 Å². The summed E-state index contributed by atoms with van der Waals surface area (Å²) in [6.45, 7) is 5.22. The Morgan fingerprint density at radius 3 is 2.68 bits per heavy atom. The van der Waals surface area contributed by atoms with Gasteiger partial charge in [-0.15, -0.1) is 0 Å². The number of rotatable bonds is 5. The summed E-state index contributed by atoms with van der Waals surface area (Å²) in [5.41, 5.74) is 1.72. The highest BCUT2D eigenvalue weighted by Crippen LogP contribution is 2.27. The van der Waals surface area contributed by atoms with Crippen LogP contribution >= 0.6 is 0 Å². The van der Waals surface area contributed by atoms with E-state index in [2.05, 4.69) is 20.2 Å². The van der Waals surface area contributed by atoms with Crippen molar-refractivity contribution in [1.29, 1.82) is 0 Å². The molecule has 2 fully saturated rings. The Balaban J connectivity index is 1.35. The first-order valence-corrected chi connectivity index (χ1v) is 12.4. The molecule has 1 amide bonds. The van der Waals surface area contributed by atoms with Crippen LogP contribution in [0.3, 0.4) is 0 Å². The number of nitrogens with zero attached hydrogens (tertiary/aromatic N) is 4. The van der Waals surface area contributed by atoms with Crippen LogP contribution in [0, 0.1) is 12.7 Å². The zero-order valence-corrected chi connectivity index (χ0v) is 18.4. The number of aryl methyl sites for hydroxylation is 1. The predicted molar refractivity (Wildman–Crippen MR) is 118 cm³/mol. The number of sulfone groups is 1. The minimum absolute atomic E-state index is 0.0579. The topological polar surface area (TPSA) is 87.5 Å². The van der Waals surface area contributed by atoms with E-state index in [1.807, 2.05) is 6.92 Å². The highest BCUT2D eigenvalue weighted by atomic mass is 32.2. The van der Waals surface area contributed by atoms with Crippen molar-refractivity contribution in [3.05, 3.63) is 41.8 Å². The lowest BCUT2D eigenvalue weighted by Crippen LogP contribution is -2.36. The Labute approximate surface area is 181 Å². The standard InChI is InChI=1S/C21H28FN5O3S/c1-16-13-20(27(24-16)19-7-12-31(29,30)15-19)23-21(28)14-25-8-2-9-26(11-10-25)18-5-3-17(22)4-6-18/h3-6,13,19H,2,7-12,14-15H2,1H3,(H,23,28). The second kappa shape index (κ2) is 8.96. The molecule has 0 radical (unpaired) electrons.